The maximum atomic E-state index is 14.3. The molecule has 2 fully saturated rings. The summed E-state index contributed by atoms with van der Waals surface area (Å²) in [6.45, 7) is 4.88. The number of aromatic nitrogens is 2. The second-order valence-corrected chi connectivity index (χ2v) is 11.5. The molecule has 4 rings (SSSR count). The zero-order valence-corrected chi connectivity index (χ0v) is 22.2. The van der Waals surface area contributed by atoms with Crippen molar-refractivity contribution in [2.75, 3.05) is 25.0 Å². The second-order valence-electron chi connectivity index (χ2n) is 10.5. The zero-order chi connectivity index (χ0) is 27.8. The van der Waals surface area contributed by atoms with Crippen molar-refractivity contribution in [2.24, 2.45) is 5.92 Å². The summed E-state index contributed by atoms with van der Waals surface area (Å²) in [6.07, 6.45) is -2.57. The Balaban J connectivity index is 1.74. The van der Waals surface area contributed by atoms with E-state index in [-0.39, 0.29) is 65.5 Å². The number of aliphatic hydroxyl groups is 1. The van der Waals surface area contributed by atoms with Crippen LogP contribution in [0.4, 0.5) is 23.4 Å². The molecule has 13 heteroatoms. The van der Waals surface area contributed by atoms with Crippen LogP contribution in [0.3, 0.4) is 0 Å². The lowest BCUT2D eigenvalue weighted by molar-refractivity contribution is -0.137. The molecule has 2 aromatic heterocycles. The maximum absolute atomic E-state index is 14.3. The van der Waals surface area contributed by atoms with Crippen LogP contribution in [0.2, 0.25) is 0 Å². The fourth-order valence-corrected chi connectivity index (χ4v) is 5.21. The first-order chi connectivity index (χ1) is 17.7. The van der Waals surface area contributed by atoms with Crippen molar-refractivity contribution in [1.82, 2.24) is 20.2 Å². The Bertz CT molecular complexity index is 1180. The Labute approximate surface area is 221 Å². The van der Waals surface area contributed by atoms with Gasteiger partial charge in [0.1, 0.15) is 17.7 Å². The van der Waals surface area contributed by atoms with E-state index < -0.39 is 35.3 Å². The lowest BCUT2D eigenvalue weighted by atomic mass is 10.0. The minimum atomic E-state index is -4.78. The Hall–Kier alpha value is -2.80. The van der Waals surface area contributed by atoms with Gasteiger partial charge in [0.25, 0.3) is 11.8 Å². The van der Waals surface area contributed by atoms with Crippen molar-refractivity contribution in [3.05, 3.63) is 28.5 Å². The maximum Gasteiger partial charge on any atom is 0.417 e. The van der Waals surface area contributed by atoms with Crippen LogP contribution in [0.15, 0.2) is 12.3 Å². The van der Waals surface area contributed by atoms with Crippen molar-refractivity contribution in [3.8, 4) is 10.4 Å². The third-order valence-corrected chi connectivity index (χ3v) is 7.66. The Morgan fingerprint density at radius 2 is 1.87 bits per heavy atom. The lowest BCUT2D eigenvalue weighted by Crippen LogP contribution is -2.39. The van der Waals surface area contributed by atoms with Gasteiger partial charge in [-0.05, 0) is 58.4 Å². The number of carbonyl (C=O) groups excluding carboxylic acids is 2. The quantitative estimate of drug-likeness (QED) is 0.413. The first-order valence-electron chi connectivity index (χ1n) is 12.5. The van der Waals surface area contributed by atoms with E-state index in [2.05, 4.69) is 20.6 Å². The molecule has 1 aliphatic heterocycles. The normalized spacial score (nSPS) is 17.8. The predicted octanol–water partition coefficient (Wildman–Crippen LogP) is 4.51. The van der Waals surface area contributed by atoms with Gasteiger partial charge in [0, 0.05) is 37.4 Å². The molecule has 0 unspecified atom stereocenters. The van der Waals surface area contributed by atoms with E-state index >= 15 is 0 Å². The molecule has 3 N–H and O–H groups in total. The van der Waals surface area contributed by atoms with Crippen LogP contribution >= 0.6 is 11.3 Å². The number of carbonyl (C=O) groups is 2. The molecule has 38 heavy (non-hydrogen) atoms. The van der Waals surface area contributed by atoms with Gasteiger partial charge in [0.2, 0.25) is 0 Å². The van der Waals surface area contributed by atoms with Crippen LogP contribution in [0, 0.1) is 5.92 Å². The molecule has 2 amide bonds. The van der Waals surface area contributed by atoms with Gasteiger partial charge >= 0.3 is 6.18 Å². The standard InChI is InChI=1S/C25H31F4N5O3S/c1-13(14-4-5-14)32-18-10-17(25(27,28)29)16(11-30-18)20-19(23(36)34-8-6-15(26)7-9-34)33-22(38-20)21(35)31-12-24(2,3)37/h10-11,13-15,37H,4-9,12H2,1-3H3,(H,30,32)(H,31,35)/t13-/m1/s1. The molecule has 1 saturated heterocycles. The molecule has 0 bridgehead atoms. The summed E-state index contributed by atoms with van der Waals surface area (Å²) in [6, 6.07) is 0.865. The number of thiazole rings is 1. The molecule has 0 radical (unpaired) electrons. The summed E-state index contributed by atoms with van der Waals surface area (Å²) >= 11 is 0.642. The molecule has 0 spiro atoms. The molecule has 0 aromatic carbocycles. The number of hydrogen-bond acceptors (Lipinski definition) is 7. The minimum absolute atomic E-state index is 0.0421. The third-order valence-electron chi connectivity index (χ3n) is 6.58. The molecule has 208 valence electrons. The number of alkyl halides is 4. The van der Waals surface area contributed by atoms with Crippen molar-refractivity contribution in [3.63, 3.8) is 0 Å². The Kier molecular flexibility index (Phi) is 7.99. The minimum Gasteiger partial charge on any atom is -0.389 e. The number of amides is 2. The monoisotopic (exact) mass is 557 g/mol. The van der Waals surface area contributed by atoms with E-state index in [9.17, 15) is 32.3 Å². The molecule has 3 heterocycles. The number of hydrogen-bond donors (Lipinski definition) is 3. The lowest BCUT2D eigenvalue weighted by Gasteiger charge is -2.28. The SMILES string of the molecule is C[C@@H](Nc1cc(C(F)(F)F)c(-c2sc(C(=O)NCC(C)(C)O)nc2C(=O)N2CCC(F)CC2)cn1)C1CC1. The van der Waals surface area contributed by atoms with E-state index in [1.165, 1.54) is 18.7 Å². The van der Waals surface area contributed by atoms with Crippen molar-refractivity contribution in [2.45, 2.75) is 70.4 Å². The predicted molar refractivity (Wildman–Crippen MR) is 135 cm³/mol. The summed E-state index contributed by atoms with van der Waals surface area (Å²) < 4.78 is 56.4. The first-order valence-corrected chi connectivity index (χ1v) is 13.3. The van der Waals surface area contributed by atoms with E-state index in [4.69, 9.17) is 0 Å². The highest BCUT2D eigenvalue weighted by atomic mass is 32.1. The highest BCUT2D eigenvalue weighted by Crippen LogP contribution is 2.42. The van der Waals surface area contributed by atoms with Gasteiger partial charge in [-0.1, -0.05) is 0 Å². The number of piperidine rings is 1. The number of nitrogens with one attached hydrogen (secondary N) is 2. The van der Waals surface area contributed by atoms with Crippen LogP contribution in [-0.4, -0.2) is 69.2 Å². The van der Waals surface area contributed by atoms with E-state index in [1.54, 1.807) is 0 Å². The van der Waals surface area contributed by atoms with Crippen LogP contribution in [0.5, 0.6) is 0 Å². The zero-order valence-electron chi connectivity index (χ0n) is 21.4. The number of halogens is 4. The number of likely N-dealkylation sites (tertiary alicyclic amines) is 1. The van der Waals surface area contributed by atoms with Gasteiger partial charge in [0.05, 0.1) is 16.0 Å². The van der Waals surface area contributed by atoms with E-state index in [1.807, 2.05) is 6.92 Å². The topological polar surface area (TPSA) is 107 Å². The molecule has 1 atom stereocenters. The molecule has 2 aliphatic rings. The van der Waals surface area contributed by atoms with Crippen molar-refractivity contribution >= 4 is 29.0 Å². The van der Waals surface area contributed by atoms with Crippen molar-refractivity contribution < 1.29 is 32.3 Å². The van der Waals surface area contributed by atoms with Crippen LogP contribution in [0.25, 0.3) is 10.4 Å². The van der Waals surface area contributed by atoms with Gasteiger partial charge in [-0.25, -0.2) is 14.4 Å². The molecular weight excluding hydrogens is 526 g/mol. The number of anilines is 1. The smallest absolute Gasteiger partial charge is 0.389 e. The number of rotatable bonds is 8. The molecular formula is C25H31F4N5O3S. The van der Waals surface area contributed by atoms with Crippen LogP contribution in [-0.2, 0) is 6.18 Å². The Morgan fingerprint density at radius 3 is 2.45 bits per heavy atom. The van der Waals surface area contributed by atoms with E-state index in [0.717, 1.165) is 25.1 Å². The number of pyridine rings is 1. The average Bonchev–Trinajstić information content (AvgIpc) is 3.60. The van der Waals surface area contributed by atoms with Crippen molar-refractivity contribution in [1.29, 1.82) is 0 Å². The summed E-state index contributed by atoms with van der Waals surface area (Å²) in [5, 5.41) is 15.2. The van der Waals surface area contributed by atoms with Crippen LogP contribution in [0.1, 0.15) is 72.3 Å². The molecule has 1 saturated carbocycles. The summed E-state index contributed by atoms with van der Waals surface area (Å²) in [5.74, 6) is -0.971. The highest BCUT2D eigenvalue weighted by molar-refractivity contribution is 7.17. The summed E-state index contributed by atoms with van der Waals surface area (Å²) in [4.78, 5) is 35.6. The molecule has 1 aliphatic carbocycles. The summed E-state index contributed by atoms with van der Waals surface area (Å²) in [7, 11) is 0. The van der Waals surface area contributed by atoms with Gasteiger partial charge in [0.15, 0.2) is 5.01 Å². The van der Waals surface area contributed by atoms with Gasteiger partial charge in [-0.15, -0.1) is 11.3 Å². The largest absolute Gasteiger partial charge is 0.417 e. The van der Waals surface area contributed by atoms with Crippen LogP contribution < -0.4 is 10.6 Å². The fraction of sp³-hybridized carbons (Fsp3) is 0.600. The second kappa shape index (κ2) is 10.8. The third kappa shape index (κ3) is 6.79. The fourth-order valence-electron chi connectivity index (χ4n) is 4.21. The van der Waals surface area contributed by atoms with E-state index in [0.29, 0.717) is 17.3 Å². The first kappa shape index (κ1) is 28.2. The van der Waals surface area contributed by atoms with Gasteiger partial charge in [-0.3, -0.25) is 9.59 Å². The average molecular weight is 558 g/mol. The Morgan fingerprint density at radius 1 is 1.21 bits per heavy atom. The van der Waals surface area contributed by atoms with Gasteiger partial charge in [-0.2, -0.15) is 13.2 Å². The molecule has 8 nitrogen and oxygen atoms in total. The van der Waals surface area contributed by atoms with Gasteiger partial charge < -0.3 is 20.6 Å². The molecule has 2 aromatic rings. The number of nitrogens with zero attached hydrogens (tertiary/aromatic N) is 3. The summed E-state index contributed by atoms with van der Waals surface area (Å²) in [5.41, 5.74) is -2.94. The highest BCUT2D eigenvalue weighted by Gasteiger charge is 2.38.